The Kier molecular flexibility index (Phi) is 6.08. The Balaban J connectivity index is 1.30. The van der Waals surface area contributed by atoms with Gasteiger partial charge < -0.3 is 24.8 Å². The summed E-state index contributed by atoms with van der Waals surface area (Å²) in [6, 6.07) is 10.5. The summed E-state index contributed by atoms with van der Waals surface area (Å²) in [5.74, 6) is 1.59. The third kappa shape index (κ3) is 4.70. The molecule has 0 bridgehead atoms. The van der Waals surface area contributed by atoms with Gasteiger partial charge in [-0.2, -0.15) is 0 Å². The Morgan fingerprint density at radius 1 is 1.15 bits per heavy atom. The molecular formula is C19H23N3O3S2. The Bertz CT molecular complexity index is 764. The average molecular weight is 406 g/mol. The maximum absolute atomic E-state index is 5.50. The molecular weight excluding hydrogens is 382 g/mol. The van der Waals surface area contributed by atoms with Crippen LogP contribution < -0.4 is 20.1 Å². The normalized spacial score (nSPS) is 17.5. The molecule has 6 nitrogen and oxygen atoms in total. The van der Waals surface area contributed by atoms with Gasteiger partial charge in [-0.15, -0.1) is 11.3 Å². The highest BCUT2D eigenvalue weighted by Gasteiger charge is 2.23. The number of rotatable bonds is 6. The Morgan fingerprint density at radius 2 is 2.00 bits per heavy atom. The molecule has 1 atom stereocenters. The average Bonchev–Trinajstić information content (AvgIpc) is 3.39. The van der Waals surface area contributed by atoms with E-state index in [0.29, 0.717) is 17.7 Å². The number of thiocarbonyl (C=S) groups is 1. The second-order valence-electron chi connectivity index (χ2n) is 6.43. The molecule has 0 saturated carbocycles. The number of nitrogens with one attached hydrogen (secondary N) is 2. The van der Waals surface area contributed by atoms with E-state index in [0.717, 1.165) is 49.9 Å². The van der Waals surface area contributed by atoms with Crippen molar-refractivity contribution >= 4 is 28.7 Å². The lowest BCUT2D eigenvalue weighted by Gasteiger charge is -2.34. The molecule has 1 fully saturated rings. The van der Waals surface area contributed by atoms with Crippen molar-refractivity contribution in [2.75, 3.05) is 39.6 Å². The van der Waals surface area contributed by atoms with Crippen molar-refractivity contribution in [2.45, 2.75) is 12.6 Å². The predicted molar refractivity (Wildman–Crippen MR) is 109 cm³/mol. The lowest BCUT2D eigenvalue weighted by molar-refractivity contribution is 0.0177. The standard InChI is InChI=1S/C19H23N3O3S2/c26-19(20-11-14-3-4-16-17(10-14)25-13-24-16)21-12-15(18-2-1-9-27-18)22-5-7-23-8-6-22/h1-4,9-10,15H,5-8,11-13H2,(H2,20,21,26)/t15-/m1/s1. The maximum atomic E-state index is 5.50. The highest BCUT2D eigenvalue weighted by atomic mass is 32.1. The lowest BCUT2D eigenvalue weighted by atomic mass is 10.2. The van der Waals surface area contributed by atoms with Crippen LogP contribution in [0.25, 0.3) is 0 Å². The van der Waals surface area contributed by atoms with Crippen molar-refractivity contribution in [1.82, 2.24) is 15.5 Å². The fraction of sp³-hybridized carbons (Fsp3) is 0.421. The van der Waals surface area contributed by atoms with Gasteiger partial charge in [0, 0.05) is 31.1 Å². The number of fused-ring (bicyclic) bond motifs is 1. The molecule has 1 saturated heterocycles. The third-order valence-corrected chi connectivity index (χ3v) is 5.97. The van der Waals surface area contributed by atoms with Crippen LogP contribution in [0.1, 0.15) is 16.5 Å². The van der Waals surface area contributed by atoms with Crippen LogP contribution in [0.4, 0.5) is 0 Å². The van der Waals surface area contributed by atoms with Gasteiger partial charge in [0.15, 0.2) is 16.6 Å². The number of hydrogen-bond acceptors (Lipinski definition) is 6. The largest absolute Gasteiger partial charge is 0.454 e. The number of nitrogens with zero attached hydrogens (tertiary/aromatic N) is 1. The maximum Gasteiger partial charge on any atom is 0.231 e. The number of thiophene rings is 1. The topological polar surface area (TPSA) is 55.0 Å². The Morgan fingerprint density at radius 3 is 2.81 bits per heavy atom. The number of ether oxygens (including phenoxy) is 3. The van der Waals surface area contributed by atoms with Gasteiger partial charge in [0.25, 0.3) is 0 Å². The SMILES string of the molecule is S=C(NCc1ccc2c(c1)OCO2)NC[C@H](c1cccs1)N1CCOCC1. The number of benzene rings is 1. The van der Waals surface area contributed by atoms with E-state index in [1.807, 2.05) is 18.2 Å². The van der Waals surface area contributed by atoms with Crippen molar-refractivity contribution in [3.63, 3.8) is 0 Å². The first-order valence-electron chi connectivity index (χ1n) is 9.05. The van der Waals surface area contributed by atoms with Crippen LogP contribution in [-0.2, 0) is 11.3 Å². The number of morpholine rings is 1. The van der Waals surface area contributed by atoms with Gasteiger partial charge in [0.1, 0.15) is 0 Å². The van der Waals surface area contributed by atoms with Gasteiger partial charge in [-0.3, -0.25) is 4.90 Å². The smallest absolute Gasteiger partial charge is 0.231 e. The first kappa shape index (κ1) is 18.5. The van der Waals surface area contributed by atoms with Crippen molar-refractivity contribution in [3.05, 3.63) is 46.2 Å². The molecule has 2 N–H and O–H groups in total. The van der Waals surface area contributed by atoms with E-state index in [1.165, 1.54) is 4.88 Å². The van der Waals surface area contributed by atoms with Gasteiger partial charge >= 0.3 is 0 Å². The molecule has 1 aromatic carbocycles. The van der Waals surface area contributed by atoms with E-state index < -0.39 is 0 Å². The number of hydrogen-bond donors (Lipinski definition) is 2. The zero-order valence-electron chi connectivity index (χ0n) is 15.0. The lowest BCUT2D eigenvalue weighted by Crippen LogP contribution is -2.45. The fourth-order valence-electron chi connectivity index (χ4n) is 3.26. The van der Waals surface area contributed by atoms with Crippen LogP contribution in [-0.4, -0.2) is 49.7 Å². The molecule has 4 rings (SSSR count). The van der Waals surface area contributed by atoms with Crippen LogP contribution in [0.3, 0.4) is 0 Å². The second kappa shape index (κ2) is 8.88. The summed E-state index contributed by atoms with van der Waals surface area (Å²) in [5, 5.41) is 9.44. The molecule has 2 aliphatic heterocycles. The molecule has 144 valence electrons. The van der Waals surface area contributed by atoms with Gasteiger partial charge in [-0.25, -0.2) is 0 Å². The van der Waals surface area contributed by atoms with Crippen LogP contribution in [0.2, 0.25) is 0 Å². The quantitative estimate of drug-likeness (QED) is 0.716. The molecule has 8 heteroatoms. The zero-order valence-corrected chi connectivity index (χ0v) is 16.6. The molecule has 0 unspecified atom stereocenters. The molecule has 27 heavy (non-hydrogen) atoms. The van der Waals surface area contributed by atoms with Crippen molar-refractivity contribution in [3.8, 4) is 11.5 Å². The third-order valence-electron chi connectivity index (χ3n) is 4.70. The van der Waals surface area contributed by atoms with Gasteiger partial charge in [-0.1, -0.05) is 12.1 Å². The van der Waals surface area contributed by atoms with E-state index in [2.05, 4.69) is 33.0 Å². The fourth-order valence-corrected chi connectivity index (χ4v) is 4.28. The highest BCUT2D eigenvalue weighted by Crippen LogP contribution is 2.32. The molecule has 3 heterocycles. The predicted octanol–water partition coefficient (Wildman–Crippen LogP) is 2.51. The van der Waals surface area contributed by atoms with Gasteiger partial charge in [-0.05, 0) is 41.4 Å². The first-order valence-corrected chi connectivity index (χ1v) is 10.3. The summed E-state index contributed by atoms with van der Waals surface area (Å²) in [6.45, 7) is 5.17. The van der Waals surface area contributed by atoms with Gasteiger partial charge in [0.2, 0.25) is 6.79 Å². The van der Waals surface area contributed by atoms with Gasteiger partial charge in [0.05, 0.1) is 19.3 Å². The summed E-state index contributed by atoms with van der Waals surface area (Å²) < 4.78 is 16.3. The minimum Gasteiger partial charge on any atom is -0.454 e. The minimum atomic E-state index is 0.290. The highest BCUT2D eigenvalue weighted by molar-refractivity contribution is 7.80. The summed E-state index contributed by atoms with van der Waals surface area (Å²) in [4.78, 5) is 3.81. The monoisotopic (exact) mass is 405 g/mol. The summed E-state index contributed by atoms with van der Waals surface area (Å²) in [7, 11) is 0. The Labute approximate surface area is 168 Å². The van der Waals surface area contributed by atoms with E-state index in [9.17, 15) is 0 Å². The second-order valence-corrected chi connectivity index (χ2v) is 7.82. The van der Waals surface area contributed by atoms with Crippen molar-refractivity contribution in [2.24, 2.45) is 0 Å². The van der Waals surface area contributed by atoms with Crippen LogP contribution in [0, 0.1) is 0 Å². The molecule has 1 aromatic heterocycles. The van der Waals surface area contributed by atoms with E-state index >= 15 is 0 Å². The van der Waals surface area contributed by atoms with Crippen LogP contribution >= 0.6 is 23.6 Å². The molecule has 2 aromatic rings. The molecule has 0 spiro atoms. The minimum absolute atomic E-state index is 0.290. The van der Waals surface area contributed by atoms with Crippen molar-refractivity contribution in [1.29, 1.82) is 0 Å². The zero-order chi connectivity index (χ0) is 18.5. The molecule has 2 aliphatic rings. The summed E-state index contributed by atoms with van der Waals surface area (Å²) in [5.41, 5.74) is 1.10. The Hall–Kier alpha value is -1.87. The van der Waals surface area contributed by atoms with E-state index in [1.54, 1.807) is 11.3 Å². The van der Waals surface area contributed by atoms with Crippen LogP contribution in [0.15, 0.2) is 35.7 Å². The molecule has 0 radical (unpaired) electrons. The van der Waals surface area contributed by atoms with Crippen molar-refractivity contribution < 1.29 is 14.2 Å². The summed E-state index contributed by atoms with van der Waals surface area (Å²) in [6.07, 6.45) is 0. The van der Waals surface area contributed by atoms with E-state index in [4.69, 9.17) is 26.4 Å². The molecule has 0 amide bonds. The molecule has 0 aliphatic carbocycles. The summed E-state index contributed by atoms with van der Waals surface area (Å²) >= 11 is 7.27. The van der Waals surface area contributed by atoms with E-state index in [-0.39, 0.29) is 6.79 Å². The first-order chi connectivity index (χ1) is 13.3. The van der Waals surface area contributed by atoms with Crippen LogP contribution in [0.5, 0.6) is 11.5 Å².